The van der Waals surface area contributed by atoms with Gasteiger partial charge in [0.25, 0.3) is 5.91 Å². The largest absolute Gasteiger partial charge is 0.480 e. The van der Waals surface area contributed by atoms with Crippen molar-refractivity contribution in [2.24, 2.45) is 0 Å². The third-order valence-electron chi connectivity index (χ3n) is 6.18. The first-order valence-corrected chi connectivity index (χ1v) is 11.6. The molecule has 1 heterocycles. The molecule has 2 unspecified atom stereocenters. The second-order valence-corrected chi connectivity index (χ2v) is 8.88. The molecule has 1 aliphatic heterocycles. The number of anilines is 2. The van der Waals surface area contributed by atoms with Crippen molar-refractivity contribution >= 4 is 40.6 Å². The van der Waals surface area contributed by atoms with Crippen molar-refractivity contribution in [3.63, 3.8) is 0 Å². The molecule has 0 fully saturated rings. The zero-order valence-corrected chi connectivity index (χ0v) is 20.1. The summed E-state index contributed by atoms with van der Waals surface area (Å²) < 4.78 is 0. The lowest BCUT2D eigenvalue weighted by atomic mass is 9.98. The maximum absolute atomic E-state index is 12.9. The van der Waals surface area contributed by atoms with Crippen LogP contribution in [0.1, 0.15) is 47.8 Å². The number of thiocarbonyl (C=S) groups is 1. The molecule has 0 saturated heterocycles. The SMILES string of the molecule is CCC(C(=O)O)N1C(=O)c2ccc(-c3ccc(NC(=S)Nc4ccc(C)cc4)cc3)cc2C1C. The van der Waals surface area contributed by atoms with Crippen molar-refractivity contribution in [1.82, 2.24) is 4.90 Å². The van der Waals surface area contributed by atoms with E-state index in [1.807, 2.05) is 74.5 Å². The zero-order chi connectivity index (χ0) is 24.4. The summed E-state index contributed by atoms with van der Waals surface area (Å²) in [6, 6.07) is 20.4. The van der Waals surface area contributed by atoms with Crippen LogP contribution in [0.4, 0.5) is 11.4 Å². The number of rotatable bonds is 6. The van der Waals surface area contributed by atoms with Crippen molar-refractivity contribution in [3.8, 4) is 11.1 Å². The van der Waals surface area contributed by atoms with Gasteiger partial charge in [0.2, 0.25) is 0 Å². The second-order valence-electron chi connectivity index (χ2n) is 8.48. The normalized spacial score (nSPS) is 15.6. The average molecular weight is 474 g/mol. The van der Waals surface area contributed by atoms with Gasteiger partial charge in [-0.3, -0.25) is 4.79 Å². The minimum Gasteiger partial charge on any atom is -0.480 e. The third kappa shape index (κ3) is 4.65. The highest BCUT2D eigenvalue weighted by molar-refractivity contribution is 7.80. The molecule has 3 N–H and O–H groups in total. The fourth-order valence-electron chi connectivity index (χ4n) is 4.33. The van der Waals surface area contributed by atoms with Gasteiger partial charge >= 0.3 is 5.97 Å². The first-order valence-electron chi connectivity index (χ1n) is 11.2. The second kappa shape index (κ2) is 9.65. The van der Waals surface area contributed by atoms with Gasteiger partial charge in [0.1, 0.15) is 6.04 Å². The van der Waals surface area contributed by atoms with Crippen LogP contribution in [0, 0.1) is 6.92 Å². The highest BCUT2D eigenvalue weighted by atomic mass is 32.1. The number of nitrogens with one attached hydrogen (secondary N) is 2. The molecule has 7 heteroatoms. The van der Waals surface area contributed by atoms with Gasteiger partial charge in [0, 0.05) is 16.9 Å². The molecule has 4 rings (SSSR count). The molecule has 3 aromatic rings. The molecule has 0 aliphatic carbocycles. The van der Waals surface area contributed by atoms with Gasteiger partial charge in [-0.1, -0.05) is 42.8 Å². The molecule has 1 aliphatic rings. The van der Waals surface area contributed by atoms with E-state index in [1.165, 1.54) is 10.5 Å². The monoisotopic (exact) mass is 473 g/mol. The van der Waals surface area contributed by atoms with E-state index in [1.54, 1.807) is 13.0 Å². The molecular weight excluding hydrogens is 446 g/mol. The number of hydrogen-bond donors (Lipinski definition) is 3. The number of carboxylic acid groups (broad SMARTS) is 1. The predicted molar refractivity (Wildman–Crippen MR) is 139 cm³/mol. The van der Waals surface area contributed by atoms with E-state index < -0.39 is 12.0 Å². The van der Waals surface area contributed by atoms with E-state index >= 15 is 0 Å². The van der Waals surface area contributed by atoms with E-state index in [0.29, 0.717) is 17.1 Å². The molecule has 0 spiro atoms. The van der Waals surface area contributed by atoms with Gasteiger partial charge in [-0.05, 0) is 85.6 Å². The Morgan fingerprint density at radius 1 is 1.00 bits per heavy atom. The summed E-state index contributed by atoms with van der Waals surface area (Å²) in [4.78, 5) is 26.0. The van der Waals surface area contributed by atoms with E-state index in [-0.39, 0.29) is 11.9 Å². The standard InChI is InChI=1S/C27H27N3O3S/c1-4-24(26(32)33)30-17(3)23-15-19(9-14-22(23)25(30)31)18-7-12-21(13-8-18)29-27(34)28-20-10-5-16(2)6-11-20/h5-15,17,24H,4H2,1-3H3,(H,32,33)(H2,28,29,34). The summed E-state index contributed by atoms with van der Waals surface area (Å²) in [6.07, 6.45) is 0.362. The van der Waals surface area contributed by atoms with Crippen LogP contribution >= 0.6 is 12.2 Å². The summed E-state index contributed by atoms with van der Waals surface area (Å²) in [6.45, 7) is 5.70. The van der Waals surface area contributed by atoms with Gasteiger partial charge in [0.05, 0.1) is 6.04 Å². The number of carbonyl (C=O) groups excluding carboxylic acids is 1. The van der Waals surface area contributed by atoms with Crippen molar-refractivity contribution in [2.45, 2.75) is 39.3 Å². The lowest BCUT2D eigenvalue weighted by Gasteiger charge is -2.28. The summed E-state index contributed by atoms with van der Waals surface area (Å²) in [5.41, 5.74) is 6.35. The van der Waals surface area contributed by atoms with Crippen LogP contribution in [-0.2, 0) is 4.79 Å². The van der Waals surface area contributed by atoms with Gasteiger partial charge in [0.15, 0.2) is 5.11 Å². The van der Waals surface area contributed by atoms with E-state index in [2.05, 4.69) is 10.6 Å². The Labute approximate surface area is 204 Å². The molecule has 0 bridgehead atoms. The number of amides is 1. The van der Waals surface area contributed by atoms with Crippen molar-refractivity contribution < 1.29 is 14.7 Å². The molecular formula is C27H27N3O3S. The predicted octanol–water partition coefficient (Wildman–Crippen LogP) is 5.85. The Hall–Kier alpha value is -3.71. The minimum atomic E-state index is -0.978. The first kappa shape index (κ1) is 23.4. The van der Waals surface area contributed by atoms with E-state index in [4.69, 9.17) is 12.2 Å². The topological polar surface area (TPSA) is 81.7 Å². The van der Waals surface area contributed by atoms with Crippen LogP contribution in [-0.4, -0.2) is 33.0 Å². The van der Waals surface area contributed by atoms with Gasteiger partial charge in [-0.25, -0.2) is 4.79 Å². The van der Waals surface area contributed by atoms with E-state index in [9.17, 15) is 14.7 Å². The minimum absolute atomic E-state index is 0.225. The molecule has 2 atom stereocenters. The average Bonchev–Trinajstić information content (AvgIpc) is 3.06. The maximum atomic E-state index is 12.9. The molecule has 3 aromatic carbocycles. The first-order chi connectivity index (χ1) is 16.3. The summed E-state index contributed by atoms with van der Waals surface area (Å²) in [7, 11) is 0. The van der Waals surface area contributed by atoms with E-state index in [0.717, 1.165) is 28.1 Å². The van der Waals surface area contributed by atoms with Gasteiger partial charge in [-0.2, -0.15) is 0 Å². The summed E-state index contributed by atoms with van der Waals surface area (Å²) >= 11 is 5.41. The highest BCUT2D eigenvalue weighted by Crippen LogP contribution is 2.38. The molecule has 0 aromatic heterocycles. The number of nitrogens with zero attached hydrogens (tertiary/aromatic N) is 1. The third-order valence-corrected chi connectivity index (χ3v) is 6.38. The lowest BCUT2D eigenvalue weighted by molar-refractivity contribution is -0.143. The number of aryl methyl sites for hydroxylation is 1. The van der Waals surface area contributed by atoms with Crippen molar-refractivity contribution in [2.75, 3.05) is 10.6 Å². The molecule has 174 valence electrons. The zero-order valence-electron chi connectivity index (χ0n) is 19.3. The number of fused-ring (bicyclic) bond motifs is 1. The van der Waals surface area contributed by atoms with Crippen LogP contribution in [0.3, 0.4) is 0 Å². The molecule has 6 nitrogen and oxygen atoms in total. The van der Waals surface area contributed by atoms with Crippen LogP contribution in [0.25, 0.3) is 11.1 Å². The molecule has 0 saturated carbocycles. The number of hydrogen-bond acceptors (Lipinski definition) is 3. The quantitative estimate of drug-likeness (QED) is 0.390. The molecule has 1 amide bonds. The Morgan fingerprint density at radius 2 is 1.56 bits per heavy atom. The number of benzene rings is 3. The number of carbonyl (C=O) groups is 2. The summed E-state index contributed by atoms with van der Waals surface area (Å²) in [5, 5.41) is 16.4. The summed E-state index contributed by atoms with van der Waals surface area (Å²) in [5.74, 6) is -1.20. The number of aliphatic carboxylic acids is 1. The Morgan fingerprint density at radius 3 is 2.12 bits per heavy atom. The van der Waals surface area contributed by atoms with Crippen LogP contribution in [0.2, 0.25) is 0 Å². The van der Waals surface area contributed by atoms with Gasteiger partial charge in [-0.15, -0.1) is 0 Å². The fraction of sp³-hybridized carbons (Fsp3) is 0.222. The van der Waals surface area contributed by atoms with Crippen molar-refractivity contribution in [3.05, 3.63) is 83.4 Å². The Kier molecular flexibility index (Phi) is 6.65. The van der Waals surface area contributed by atoms with Gasteiger partial charge < -0.3 is 20.6 Å². The Bertz CT molecular complexity index is 1240. The van der Waals surface area contributed by atoms with Crippen LogP contribution < -0.4 is 10.6 Å². The lowest BCUT2D eigenvalue weighted by Crippen LogP contribution is -2.42. The Balaban J connectivity index is 1.48. The number of carboxylic acids is 1. The molecule has 34 heavy (non-hydrogen) atoms. The van der Waals surface area contributed by atoms with Crippen molar-refractivity contribution in [1.29, 1.82) is 0 Å². The van der Waals surface area contributed by atoms with Crippen LogP contribution in [0.15, 0.2) is 66.7 Å². The molecule has 0 radical (unpaired) electrons. The highest BCUT2D eigenvalue weighted by Gasteiger charge is 2.40. The smallest absolute Gasteiger partial charge is 0.326 e. The fourth-order valence-corrected chi connectivity index (χ4v) is 4.56. The maximum Gasteiger partial charge on any atom is 0.326 e. The van der Waals surface area contributed by atoms with Crippen LogP contribution in [0.5, 0.6) is 0 Å².